The lowest BCUT2D eigenvalue weighted by Gasteiger charge is -2.19. The van der Waals surface area contributed by atoms with E-state index in [-0.39, 0.29) is 23.4 Å². The van der Waals surface area contributed by atoms with Crippen LogP contribution in [-0.2, 0) is 21.4 Å². The summed E-state index contributed by atoms with van der Waals surface area (Å²) in [5.74, 6) is 0.556. The summed E-state index contributed by atoms with van der Waals surface area (Å²) in [6.45, 7) is 6.93. The Hall–Kier alpha value is -2.16. The second-order valence-corrected chi connectivity index (χ2v) is 8.05. The van der Waals surface area contributed by atoms with E-state index in [4.69, 9.17) is 4.42 Å². The molecule has 1 atom stereocenters. The smallest absolute Gasteiger partial charge is 0.243 e. The van der Waals surface area contributed by atoms with Crippen molar-refractivity contribution in [3.8, 4) is 0 Å². The van der Waals surface area contributed by atoms with Crippen LogP contribution in [0.5, 0.6) is 0 Å². The molecule has 1 heterocycles. The van der Waals surface area contributed by atoms with Crippen LogP contribution in [-0.4, -0.2) is 38.3 Å². The minimum Gasteiger partial charge on any atom is -0.467 e. The summed E-state index contributed by atoms with van der Waals surface area (Å²) < 4.78 is 31.6. The van der Waals surface area contributed by atoms with E-state index in [0.717, 1.165) is 5.56 Å². The molecule has 2 aromatic rings. The second-order valence-electron chi connectivity index (χ2n) is 6.12. The molecule has 148 valence electrons. The fourth-order valence-corrected chi connectivity index (χ4v) is 4.12. The van der Waals surface area contributed by atoms with Crippen LogP contribution in [0.25, 0.3) is 0 Å². The van der Waals surface area contributed by atoms with Crippen LogP contribution in [0.3, 0.4) is 0 Å². The molecule has 0 radical (unpaired) electrons. The van der Waals surface area contributed by atoms with Gasteiger partial charge >= 0.3 is 0 Å². The highest BCUT2D eigenvalue weighted by Crippen LogP contribution is 2.19. The molecule has 0 aliphatic heterocycles. The van der Waals surface area contributed by atoms with E-state index in [0.29, 0.717) is 25.4 Å². The fourth-order valence-electron chi connectivity index (χ4n) is 2.67. The van der Waals surface area contributed by atoms with Crippen molar-refractivity contribution in [2.24, 2.45) is 0 Å². The van der Waals surface area contributed by atoms with E-state index in [1.54, 1.807) is 42.7 Å². The lowest BCUT2D eigenvalue weighted by atomic mass is 10.1. The van der Waals surface area contributed by atoms with Crippen molar-refractivity contribution < 1.29 is 17.6 Å². The number of sulfonamides is 1. The third kappa shape index (κ3) is 5.66. The molecule has 2 N–H and O–H groups in total. The summed E-state index contributed by atoms with van der Waals surface area (Å²) in [5.41, 5.74) is 0.910. The maximum absolute atomic E-state index is 12.5. The van der Waals surface area contributed by atoms with Gasteiger partial charge in [-0.1, -0.05) is 26.0 Å². The number of nitrogens with zero attached hydrogens (tertiary/aromatic N) is 1. The minimum atomic E-state index is -3.46. The molecule has 1 aromatic heterocycles. The van der Waals surface area contributed by atoms with Gasteiger partial charge in [0, 0.05) is 19.1 Å². The van der Waals surface area contributed by atoms with Crippen LogP contribution in [0.4, 0.5) is 0 Å². The molecular weight excluding hydrogens is 366 g/mol. The Morgan fingerprint density at radius 3 is 2.37 bits per heavy atom. The first-order valence-electron chi connectivity index (χ1n) is 9.01. The number of nitrogens with one attached hydrogen (secondary N) is 2. The summed E-state index contributed by atoms with van der Waals surface area (Å²) in [6.07, 6.45) is 1.56. The van der Waals surface area contributed by atoms with E-state index in [1.807, 2.05) is 20.8 Å². The number of carbonyl (C=O) groups is 1. The number of amides is 1. The van der Waals surface area contributed by atoms with Crippen LogP contribution in [0.1, 0.15) is 38.1 Å². The molecule has 0 aliphatic carbocycles. The van der Waals surface area contributed by atoms with Crippen LogP contribution in [0.2, 0.25) is 0 Å². The van der Waals surface area contributed by atoms with E-state index in [9.17, 15) is 13.2 Å². The Balaban J connectivity index is 1.89. The summed E-state index contributed by atoms with van der Waals surface area (Å²) >= 11 is 0. The molecule has 27 heavy (non-hydrogen) atoms. The molecule has 1 aromatic carbocycles. The number of hydrogen-bond donors (Lipinski definition) is 2. The maximum Gasteiger partial charge on any atom is 0.243 e. The number of rotatable bonds is 10. The van der Waals surface area contributed by atoms with Crippen LogP contribution >= 0.6 is 0 Å². The molecule has 7 nitrogen and oxygen atoms in total. The monoisotopic (exact) mass is 393 g/mol. The van der Waals surface area contributed by atoms with Crippen LogP contribution < -0.4 is 10.6 Å². The van der Waals surface area contributed by atoms with Gasteiger partial charge < -0.3 is 15.1 Å². The largest absolute Gasteiger partial charge is 0.467 e. The van der Waals surface area contributed by atoms with Gasteiger partial charge in [0.1, 0.15) is 5.76 Å². The highest BCUT2D eigenvalue weighted by atomic mass is 32.2. The molecule has 0 aliphatic rings. The zero-order valence-corrected chi connectivity index (χ0v) is 16.8. The molecule has 0 spiro atoms. The number of carbonyl (C=O) groups excluding carboxylic acids is 1. The normalized spacial score (nSPS) is 12.9. The predicted molar refractivity (Wildman–Crippen MR) is 104 cm³/mol. The molecule has 1 amide bonds. The summed E-state index contributed by atoms with van der Waals surface area (Å²) in [5, 5.41) is 5.90. The summed E-state index contributed by atoms with van der Waals surface area (Å²) in [7, 11) is -3.46. The molecule has 1 unspecified atom stereocenters. The maximum atomic E-state index is 12.5. The molecule has 0 fully saturated rings. The first kappa shape index (κ1) is 21.1. The highest BCUT2D eigenvalue weighted by Gasteiger charge is 2.21. The lowest BCUT2D eigenvalue weighted by molar-refractivity contribution is -0.120. The number of benzene rings is 1. The van der Waals surface area contributed by atoms with Gasteiger partial charge in [0.2, 0.25) is 15.9 Å². The number of hydrogen-bond acceptors (Lipinski definition) is 5. The van der Waals surface area contributed by atoms with Gasteiger partial charge in [-0.3, -0.25) is 4.79 Å². The Morgan fingerprint density at radius 1 is 1.15 bits per heavy atom. The summed E-state index contributed by atoms with van der Waals surface area (Å²) in [4.78, 5) is 12.2. The Bertz CT molecular complexity index is 813. The van der Waals surface area contributed by atoms with Gasteiger partial charge in [-0.2, -0.15) is 4.31 Å². The minimum absolute atomic E-state index is 0.0930. The van der Waals surface area contributed by atoms with Gasteiger partial charge in [0.05, 0.1) is 24.2 Å². The molecule has 0 bridgehead atoms. The van der Waals surface area contributed by atoms with Crippen molar-refractivity contribution in [2.75, 3.05) is 19.6 Å². The van der Waals surface area contributed by atoms with Gasteiger partial charge in [0.25, 0.3) is 0 Å². The van der Waals surface area contributed by atoms with Crippen molar-refractivity contribution >= 4 is 15.9 Å². The first-order valence-corrected chi connectivity index (χ1v) is 10.4. The Morgan fingerprint density at radius 2 is 1.81 bits per heavy atom. The Labute approximate surface area is 160 Å². The summed E-state index contributed by atoms with van der Waals surface area (Å²) in [6, 6.07) is 10.2. The molecule has 2 rings (SSSR count). The fraction of sp³-hybridized carbons (Fsp3) is 0.421. The third-order valence-corrected chi connectivity index (χ3v) is 6.40. The van der Waals surface area contributed by atoms with Crippen molar-refractivity contribution in [3.05, 3.63) is 54.0 Å². The zero-order chi connectivity index (χ0) is 19.9. The topological polar surface area (TPSA) is 91.7 Å². The first-order chi connectivity index (χ1) is 12.9. The third-order valence-electron chi connectivity index (χ3n) is 4.33. The van der Waals surface area contributed by atoms with Crippen molar-refractivity contribution in [1.29, 1.82) is 0 Å². The average Bonchev–Trinajstić information content (AvgIpc) is 3.19. The second kappa shape index (κ2) is 9.68. The van der Waals surface area contributed by atoms with Crippen molar-refractivity contribution in [1.82, 2.24) is 14.9 Å². The SMILES string of the molecule is CCN(CC)S(=O)(=O)c1ccc(C(C)NCC(=O)NCc2ccco2)cc1. The molecular formula is C19H27N3O4S. The van der Waals surface area contributed by atoms with E-state index < -0.39 is 10.0 Å². The molecule has 0 saturated carbocycles. The molecule has 0 saturated heterocycles. The Kier molecular flexibility index (Phi) is 7.58. The standard InChI is InChI=1S/C19H27N3O4S/c1-4-22(5-2)27(24,25)18-10-8-16(9-11-18)15(3)20-14-19(23)21-13-17-7-6-12-26-17/h6-12,15,20H,4-5,13-14H2,1-3H3,(H,21,23). The molecule has 8 heteroatoms. The average molecular weight is 394 g/mol. The number of furan rings is 1. The quantitative estimate of drug-likeness (QED) is 0.646. The highest BCUT2D eigenvalue weighted by molar-refractivity contribution is 7.89. The van der Waals surface area contributed by atoms with E-state index >= 15 is 0 Å². The lowest BCUT2D eigenvalue weighted by Crippen LogP contribution is -2.34. The van der Waals surface area contributed by atoms with E-state index in [2.05, 4.69) is 10.6 Å². The van der Waals surface area contributed by atoms with Crippen LogP contribution in [0, 0.1) is 0 Å². The zero-order valence-electron chi connectivity index (χ0n) is 15.9. The van der Waals surface area contributed by atoms with Crippen LogP contribution in [0.15, 0.2) is 52.0 Å². The van der Waals surface area contributed by atoms with Gasteiger partial charge in [-0.15, -0.1) is 0 Å². The van der Waals surface area contributed by atoms with Gasteiger partial charge in [0.15, 0.2) is 0 Å². The van der Waals surface area contributed by atoms with Gasteiger partial charge in [-0.25, -0.2) is 8.42 Å². The van der Waals surface area contributed by atoms with E-state index in [1.165, 1.54) is 4.31 Å². The predicted octanol–water partition coefficient (Wildman–Crippen LogP) is 2.28. The van der Waals surface area contributed by atoms with Crippen molar-refractivity contribution in [3.63, 3.8) is 0 Å². The van der Waals surface area contributed by atoms with Crippen molar-refractivity contribution in [2.45, 2.75) is 38.3 Å². The van der Waals surface area contributed by atoms with Gasteiger partial charge in [-0.05, 0) is 36.8 Å².